The Morgan fingerprint density at radius 2 is 1.95 bits per heavy atom. The number of rotatable bonds is 4. The van der Waals surface area contributed by atoms with Crippen molar-refractivity contribution in [1.29, 1.82) is 0 Å². The summed E-state index contributed by atoms with van der Waals surface area (Å²) in [6, 6.07) is 11.1. The molecule has 104 valence electrons. The number of nitro benzene ring substituents is 1. The standard InChI is InChI=1S/C14H13ClN2O3/c1-9(16)10-6-7-13(11(15)8-10)20-14-5-3-2-4-12(14)17(18)19/h2-9H,16H2,1H3/t9-/m0/s1. The molecule has 0 aliphatic carbocycles. The van der Waals surface area contributed by atoms with Crippen molar-refractivity contribution >= 4 is 17.3 Å². The Kier molecular flexibility index (Phi) is 4.22. The lowest BCUT2D eigenvalue weighted by Gasteiger charge is -2.11. The monoisotopic (exact) mass is 292 g/mol. The summed E-state index contributed by atoms with van der Waals surface area (Å²) >= 11 is 6.10. The third-order valence-corrected chi connectivity index (χ3v) is 3.06. The Bertz CT molecular complexity index is 644. The number of halogens is 1. The van der Waals surface area contributed by atoms with Gasteiger partial charge in [-0.25, -0.2) is 0 Å². The maximum Gasteiger partial charge on any atom is 0.311 e. The van der Waals surface area contributed by atoms with Crippen molar-refractivity contribution in [3.05, 3.63) is 63.2 Å². The van der Waals surface area contributed by atoms with Gasteiger partial charge in [0.05, 0.1) is 9.95 Å². The Morgan fingerprint density at radius 1 is 1.25 bits per heavy atom. The second-order valence-electron chi connectivity index (χ2n) is 4.31. The van der Waals surface area contributed by atoms with E-state index in [-0.39, 0.29) is 17.5 Å². The average molecular weight is 293 g/mol. The van der Waals surface area contributed by atoms with Gasteiger partial charge in [0.15, 0.2) is 0 Å². The minimum absolute atomic E-state index is 0.111. The molecule has 1 atom stereocenters. The van der Waals surface area contributed by atoms with E-state index in [9.17, 15) is 10.1 Å². The molecule has 0 bridgehead atoms. The first-order valence-corrected chi connectivity index (χ1v) is 6.33. The van der Waals surface area contributed by atoms with E-state index in [0.717, 1.165) is 5.56 Å². The number of hydrogen-bond donors (Lipinski definition) is 1. The van der Waals surface area contributed by atoms with E-state index in [1.807, 2.05) is 6.92 Å². The number of ether oxygens (including phenoxy) is 1. The van der Waals surface area contributed by atoms with Crippen LogP contribution in [0.25, 0.3) is 0 Å². The van der Waals surface area contributed by atoms with Crippen molar-refractivity contribution in [2.24, 2.45) is 5.73 Å². The lowest BCUT2D eigenvalue weighted by Crippen LogP contribution is -2.04. The van der Waals surface area contributed by atoms with Gasteiger partial charge in [-0.2, -0.15) is 0 Å². The number of para-hydroxylation sites is 2. The molecule has 2 aromatic rings. The molecule has 0 amide bonds. The highest BCUT2D eigenvalue weighted by molar-refractivity contribution is 6.32. The second-order valence-corrected chi connectivity index (χ2v) is 4.71. The van der Waals surface area contributed by atoms with Crippen LogP contribution in [0.3, 0.4) is 0 Å². The van der Waals surface area contributed by atoms with Gasteiger partial charge in [-0.05, 0) is 30.7 Å². The summed E-state index contributed by atoms with van der Waals surface area (Å²) in [5.74, 6) is 0.498. The lowest BCUT2D eigenvalue weighted by molar-refractivity contribution is -0.385. The average Bonchev–Trinajstić information content (AvgIpc) is 2.41. The van der Waals surface area contributed by atoms with Gasteiger partial charge in [0.2, 0.25) is 5.75 Å². The van der Waals surface area contributed by atoms with Gasteiger partial charge in [0.25, 0.3) is 0 Å². The molecule has 2 rings (SSSR count). The maximum absolute atomic E-state index is 10.9. The lowest BCUT2D eigenvalue weighted by atomic mass is 10.1. The van der Waals surface area contributed by atoms with Crippen LogP contribution in [-0.2, 0) is 0 Å². The van der Waals surface area contributed by atoms with Gasteiger partial charge in [-0.15, -0.1) is 0 Å². The molecule has 0 aliphatic rings. The highest BCUT2D eigenvalue weighted by Crippen LogP contribution is 2.35. The van der Waals surface area contributed by atoms with Gasteiger partial charge >= 0.3 is 5.69 Å². The van der Waals surface area contributed by atoms with Crippen molar-refractivity contribution in [2.75, 3.05) is 0 Å². The minimum atomic E-state index is -0.500. The fourth-order valence-electron chi connectivity index (χ4n) is 1.70. The van der Waals surface area contributed by atoms with Crippen molar-refractivity contribution in [2.45, 2.75) is 13.0 Å². The minimum Gasteiger partial charge on any atom is -0.449 e. The predicted molar refractivity (Wildman–Crippen MR) is 77.2 cm³/mol. The first kappa shape index (κ1) is 14.3. The van der Waals surface area contributed by atoms with Crippen LogP contribution in [0.2, 0.25) is 5.02 Å². The molecule has 0 aliphatic heterocycles. The summed E-state index contributed by atoms with van der Waals surface area (Å²) in [7, 11) is 0. The first-order valence-electron chi connectivity index (χ1n) is 5.95. The normalized spacial score (nSPS) is 11.9. The Morgan fingerprint density at radius 3 is 2.55 bits per heavy atom. The molecule has 2 aromatic carbocycles. The number of benzene rings is 2. The summed E-state index contributed by atoms with van der Waals surface area (Å²) in [5.41, 5.74) is 6.51. The van der Waals surface area contributed by atoms with E-state index in [4.69, 9.17) is 22.1 Å². The highest BCUT2D eigenvalue weighted by Gasteiger charge is 2.16. The topological polar surface area (TPSA) is 78.4 Å². The predicted octanol–water partition coefficient (Wildman–Crippen LogP) is 4.06. The van der Waals surface area contributed by atoms with Crippen molar-refractivity contribution in [3.63, 3.8) is 0 Å². The third kappa shape index (κ3) is 3.07. The van der Waals surface area contributed by atoms with Crippen LogP contribution in [0.15, 0.2) is 42.5 Å². The van der Waals surface area contributed by atoms with Crippen molar-refractivity contribution in [3.8, 4) is 11.5 Å². The molecular formula is C14H13ClN2O3. The summed E-state index contributed by atoms with van der Waals surface area (Å²) in [6.07, 6.45) is 0. The molecule has 0 heterocycles. The number of hydrogen-bond acceptors (Lipinski definition) is 4. The molecule has 0 aromatic heterocycles. The molecule has 0 saturated carbocycles. The first-order chi connectivity index (χ1) is 9.49. The quantitative estimate of drug-likeness (QED) is 0.681. The summed E-state index contributed by atoms with van der Waals surface area (Å²) < 4.78 is 5.52. The fraction of sp³-hybridized carbons (Fsp3) is 0.143. The number of nitrogens with zero attached hydrogens (tertiary/aromatic N) is 1. The maximum atomic E-state index is 10.9. The van der Waals surface area contributed by atoms with Gasteiger partial charge < -0.3 is 10.5 Å². The Balaban J connectivity index is 2.33. The Hall–Kier alpha value is -2.11. The van der Waals surface area contributed by atoms with Crippen LogP contribution in [0.1, 0.15) is 18.5 Å². The number of nitro groups is 1. The SMILES string of the molecule is C[C@H](N)c1ccc(Oc2ccccc2[N+](=O)[O-])c(Cl)c1. The van der Waals surface area contributed by atoms with Crippen LogP contribution in [0.4, 0.5) is 5.69 Å². The largest absolute Gasteiger partial charge is 0.449 e. The zero-order chi connectivity index (χ0) is 14.7. The summed E-state index contributed by atoms with van der Waals surface area (Å²) in [5, 5.41) is 11.3. The van der Waals surface area contributed by atoms with E-state index in [1.165, 1.54) is 12.1 Å². The molecule has 2 N–H and O–H groups in total. The molecule has 6 heteroatoms. The van der Waals surface area contributed by atoms with Crippen molar-refractivity contribution in [1.82, 2.24) is 0 Å². The van der Waals surface area contributed by atoms with E-state index < -0.39 is 4.92 Å². The third-order valence-electron chi connectivity index (χ3n) is 2.76. The van der Waals surface area contributed by atoms with Gasteiger partial charge in [0.1, 0.15) is 5.75 Å². The number of nitrogens with two attached hydrogens (primary N) is 1. The molecular weight excluding hydrogens is 280 g/mol. The second kappa shape index (κ2) is 5.90. The zero-order valence-corrected chi connectivity index (χ0v) is 11.5. The molecule has 0 fully saturated rings. The van der Waals surface area contributed by atoms with Gasteiger partial charge in [-0.3, -0.25) is 10.1 Å². The van der Waals surface area contributed by atoms with E-state index >= 15 is 0 Å². The molecule has 0 unspecified atom stereocenters. The zero-order valence-electron chi connectivity index (χ0n) is 10.7. The molecule has 0 radical (unpaired) electrons. The highest BCUT2D eigenvalue weighted by atomic mass is 35.5. The van der Waals surface area contributed by atoms with E-state index in [1.54, 1.807) is 30.3 Å². The molecule has 20 heavy (non-hydrogen) atoms. The van der Waals surface area contributed by atoms with Crippen LogP contribution in [0, 0.1) is 10.1 Å². The van der Waals surface area contributed by atoms with E-state index in [0.29, 0.717) is 10.8 Å². The molecule has 0 saturated heterocycles. The van der Waals surface area contributed by atoms with Crippen LogP contribution in [-0.4, -0.2) is 4.92 Å². The van der Waals surface area contributed by atoms with Crippen LogP contribution >= 0.6 is 11.6 Å². The van der Waals surface area contributed by atoms with Crippen LogP contribution in [0.5, 0.6) is 11.5 Å². The Labute approximate surface area is 121 Å². The fourth-order valence-corrected chi connectivity index (χ4v) is 1.92. The van der Waals surface area contributed by atoms with Gasteiger partial charge in [-0.1, -0.05) is 29.8 Å². The summed E-state index contributed by atoms with van der Waals surface area (Å²) in [4.78, 5) is 10.4. The summed E-state index contributed by atoms with van der Waals surface area (Å²) in [6.45, 7) is 1.84. The smallest absolute Gasteiger partial charge is 0.311 e. The molecule has 5 nitrogen and oxygen atoms in total. The van der Waals surface area contributed by atoms with E-state index in [2.05, 4.69) is 0 Å². The van der Waals surface area contributed by atoms with Gasteiger partial charge in [0, 0.05) is 12.1 Å². The van der Waals surface area contributed by atoms with Crippen LogP contribution < -0.4 is 10.5 Å². The van der Waals surface area contributed by atoms with Crippen molar-refractivity contribution < 1.29 is 9.66 Å². The molecule has 0 spiro atoms.